The molecule has 3 aromatic rings. The Morgan fingerprint density at radius 3 is 2.41 bits per heavy atom. The lowest BCUT2D eigenvalue weighted by molar-refractivity contribution is -0.145. The van der Waals surface area contributed by atoms with Crippen LogP contribution in [0.5, 0.6) is 11.6 Å². The van der Waals surface area contributed by atoms with E-state index in [0.29, 0.717) is 11.3 Å². The Morgan fingerprint density at radius 1 is 1.07 bits per heavy atom. The molecule has 0 radical (unpaired) electrons. The fraction of sp³-hybridized carbons (Fsp3) is 0.174. The predicted molar refractivity (Wildman–Crippen MR) is 109 cm³/mol. The van der Waals surface area contributed by atoms with Gasteiger partial charge in [-0.25, -0.2) is 9.78 Å². The summed E-state index contributed by atoms with van der Waals surface area (Å²) >= 11 is 0. The summed E-state index contributed by atoms with van der Waals surface area (Å²) in [6.07, 6.45) is 0. The highest BCUT2D eigenvalue weighted by Gasteiger charge is 2.18. The molecule has 0 aliphatic heterocycles. The van der Waals surface area contributed by atoms with Crippen molar-refractivity contribution in [2.75, 3.05) is 20.3 Å². The Hall–Kier alpha value is -3.85. The minimum Gasteiger partial charge on any atom is -0.497 e. The number of nitrogens with zero attached hydrogens (tertiary/aromatic N) is 2. The van der Waals surface area contributed by atoms with Crippen LogP contribution in [0.15, 0.2) is 60.7 Å². The number of rotatable bonds is 7. The molecule has 1 aromatic heterocycles. The highest BCUT2D eigenvalue weighted by atomic mass is 16.6. The molecule has 6 nitrogen and oxygen atoms in total. The first kappa shape index (κ1) is 19.9. The fourth-order valence-electron chi connectivity index (χ4n) is 2.82. The van der Waals surface area contributed by atoms with Crippen molar-refractivity contribution in [2.45, 2.75) is 6.92 Å². The van der Waals surface area contributed by atoms with Crippen molar-refractivity contribution in [3.8, 4) is 40.1 Å². The number of hydrogen-bond acceptors (Lipinski definition) is 6. The van der Waals surface area contributed by atoms with E-state index in [2.05, 4.69) is 11.1 Å². The molecular formula is C23H20N2O4. The molecule has 2 aromatic carbocycles. The van der Waals surface area contributed by atoms with Gasteiger partial charge in [-0.3, -0.25) is 0 Å². The summed E-state index contributed by atoms with van der Waals surface area (Å²) < 4.78 is 15.7. The molecule has 0 amide bonds. The number of nitriles is 1. The number of carbonyl (C=O) groups is 1. The maximum atomic E-state index is 11.7. The molecule has 6 heteroatoms. The van der Waals surface area contributed by atoms with E-state index in [0.717, 1.165) is 16.9 Å². The molecule has 0 fully saturated rings. The average Bonchev–Trinajstić information content (AvgIpc) is 2.78. The topological polar surface area (TPSA) is 81.4 Å². The zero-order valence-corrected chi connectivity index (χ0v) is 16.2. The van der Waals surface area contributed by atoms with Crippen LogP contribution in [0.25, 0.3) is 22.4 Å². The van der Waals surface area contributed by atoms with Crippen LogP contribution < -0.4 is 9.47 Å². The van der Waals surface area contributed by atoms with Crippen LogP contribution >= 0.6 is 0 Å². The monoisotopic (exact) mass is 388 g/mol. The van der Waals surface area contributed by atoms with Crippen LogP contribution in [0, 0.1) is 11.3 Å². The van der Waals surface area contributed by atoms with E-state index in [-0.39, 0.29) is 24.7 Å². The molecule has 0 bridgehead atoms. The Kier molecular flexibility index (Phi) is 6.43. The molecule has 0 saturated carbocycles. The first-order chi connectivity index (χ1) is 14.2. The third kappa shape index (κ3) is 4.71. The Labute approximate surface area is 169 Å². The number of esters is 1. The summed E-state index contributed by atoms with van der Waals surface area (Å²) in [6, 6.07) is 20.9. The van der Waals surface area contributed by atoms with E-state index < -0.39 is 5.97 Å². The van der Waals surface area contributed by atoms with E-state index in [1.165, 1.54) is 0 Å². The van der Waals surface area contributed by atoms with Crippen molar-refractivity contribution in [2.24, 2.45) is 0 Å². The highest BCUT2D eigenvalue weighted by molar-refractivity contribution is 5.78. The summed E-state index contributed by atoms with van der Waals surface area (Å²) in [7, 11) is 1.60. The van der Waals surface area contributed by atoms with Gasteiger partial charge in [-0.05, 0) is 42.8 Å². The highest BCUT2D eigenvalue weighted by Crippen LogP contribution is 2.33. The second kappa shape index (κ2) is 9.38. The summed E-state index contributed by atoms with van der Waals surface area (Å²) in [5.41, 5.74) is 3.23. The Morgan fingerprint density at radius 2 is 1.79 bits per heavy atom. The number of methoxy groups -OCH3 is 1. The van der Waals surface area contributed by atoms with Crippen molar-refractivity contribution in [1.29, 1.82) is 5.26 Å². The van der Waals surface area contributed by atoms with Gasteiger partial charge in [-0.15, -0.1) is 0 Å². The van der Waals surface area contributed by atoms with Gasteiger partial charge in [0.2, 0.25) is 5.88 Å². The summed E-state index contributed by atoms with van der Waals surface area (Å²) in [6.45, 7) is 1.65. The summed E-state index contributed by atoms with van der Waals surface area (Å²) in [5.74, 6) is 0.298. The zero-order chi connectivity index (χ0) is 20.6. The molecule has 0 N–H and O–H groups in total. The van der Waals surface area contributed by atoms with Crippen LogP contribution in [-0.2, 0) is 9.53 Å². The van der Waals surface area contributed by atoms with Crippen LogP contribution in [-0.4, -0.2) is 31.3 Å². The van der Waals surface area contributed by atoms with Crippen molar-refractivity contribution < 1.29 is 19.0 Å². The minimum absolute atomic E-state index is 0.0905. The van der Waals surface area contributed by atoms with Crippen molar-refractivity contribution in [3.63, 3.8) is 0 Å². The Bertz CT molecular complexity index is 1030. The van der Waals surface area contributed by atoms with Gasteiger partial charge in [0.25, 0.3) is 0 Å². The standard InChI is InChI=1S/C23H20N2O4/c1-3-28-22(26)15-29-23-20(14-24)19(16-7-5-4-6-8-16)13-21(25-23)17-9-11-18(27-2)12-10-17/h4-13H,3,15H2,1-2H3. The Balaban J connectivity index is 2.09. The lowest BCUT2D eigenvalue weighted by Gasteiger charge is -2.13. The third-order valence-electron chi connectivity index (χ3n) is 4.20. The molecule has 1 heterocycles. The van der Waals surface area contributed by atoms with Crippen molar-refractivity contribution in [1.82, 2.24) is 4.98 Å². The second-order valence-corrected chi connectivity index (χ2v) is 6.04. The smallest absolute Gasteiger partial charge is 0.344 e. The third-order valence-corrected chi connectivity index (χ3v) is 4.20. The zero-order valence-electron chi connectivity index (χ0n) is 16.2. The van der Waals surface area contributed by atoms with Crippen molar-refractivity contribution >= 4 is 5.97 Å². The maximum Gasteiger partial charge on any atom is 0.344 e. The summed E-state index contributed by atoms with van der Waals surface area (Å²) in [5, 5.41) is 9.76. The van der Waals surface area contributed by atoms with Crippen LogP contribution in [0.4, 0.5) is 0 Å². The quantitative estimate of drug-likeness (QED) is 0.563. The number of pyridine rings is 1. The van der Waals surface area contributed by atoms with Gasteiger partial charge in [0, 0.05) is 11.1 Å². The van der Waals surface area contributed by atoms with Crippen molar-refractivity contribution in [3.05, 3.63) is 66.2 Å². The molecular weight excluding hydrogens is 368 g/mol. The van der Waals surface area contributed by atoms with E-state index in [1.807, 2.05) is 60.7 Å². The van der Waals surface area contributed by atoms with E-state index >= 15 is 0 Å². The van der Waals surface area contributed by atoms with Crippen LogP contribution in [0.1, 0.15) is 12.5 Å². The van der Waals surface area contributed by atoms with Gasteiger partial charge in [-0.1, -0.05) is 30.3 Å². The molecule has 0 aliphatic rings. The normalized spacial score (nSPS) is 10.1. The molecule has 0 spiro atoms. The van der Waals surface area contributed by atoms with Gasteiger partial charge < -0.3 is 14.2 Å². The van der Waals surface area contributed by atoms with Gasteiger partial charge in [0.1, 0.15) is 17.4 Å². The second-order valence-electron chi connectivity index (χ2n) is 6.04. The molecule has 3 rings (SSSR count). The molecule has 146 valence electrons. The number of hydrogen-bond donors (Lipinski definition) is 0. The van der Waals surface area contributed by atoms with E-state index in [9.17, 15) is 10.1 Å². The fourth-order valence-corrected chi connectivity index (χ4v) is 2.82. The number of benzene rings is 2. The molecule has 0 aliphatic carbocycles. The largest absolute Gasteiger partial charge is 0.497 e. The molecule has 0 saturated heterocycles. The molecule has 29 heavy (non-hydrogen) atoms. The number of carbonyl (C=O) groups excluding carboxylic acids is 1. The summed E-state index contributed by atoms with van der Waals surface area (Å²) in [4.78, 5) is 16.2. The molecule has 0 unspecified atom stereocenters. The van der Waals surface area contributed by atoms with Crippen LogP contribution in [0.3, 0.4) is 0 Å². The average molecular weight is 388 g/mol. The predicted octanol–water partition coefficient (Wildman–Crippen LogP) is 4.24. The van der Waals surface area contributed by atoms with Gasteiger partial charge in [0.15, 0.2) is 6.61 Å². The van der Waals surface area contributed by atoms with Crippen LogP contribution in [0.2, 0.25) is 0 Å². The van der Waals surface area contributed by atoms with E-state index in [4.69, 9.17) is 14.2 Å². The first-order valence-electron chi connectivity index (χ1n) is 9.09. The lowest BCUT2D eigenvalue weighted by atomic mass is 9.99. The number of ether oxygens (including phenoxy) is 3. The lowest BCUT2D eigenvalue weighted by Crippen LogP contribution is -2.16. The first-order valence-corrected chi connectivity index (χ1v) is 9.09. The van der Waals surface area contributed by atoms with E-state index in [1.54, 1.807) is 14.0 Å². The number of aromatic nitrogens is 1. The SMILES string of the molecule is CCOC(=O)COc1nc(-c2ccc(OC)cc2)cc(-c2ccccc2)c1C#N. The molecule has 0 atom stereocenters. The minimum atomic E-state index is -0.519. The van der Waals surface area contributed by atoms with Gasteiger partial charge in [0.05, 0.1) is 19.4 Å². The maximum absolute atomic E-state index is 11.7. The van der Waals surface area contributed by atoms with Gasteiger partial charge >= 0.3 is 5.97 Å². The van der Waals surface area contributed by atoms with Gasteiger partial charge in [-0.2, -0.15) is 5.26 Å².